The van der Waals surface area contributed by atoms with E-state index in [1.54, 1.807) is 0 Å². The number of aryl methyl sites for hydroxylation is 1. The lowest BCUT2D eigenvalue weighted by Crippen LogP contribution is -2.58. The number of hydrogen-bond donors (Lipinski definition) is 0. The van der Waals surface area contributed by atoms with Gasteiger partial charge < -0.3 is 0 Å². The van der Waals surface area contributed by atoms with Gasteiger partial charge in [-0.2, -0.15) is 5.06 Å². The summed E-state index contributed by atoms with van der Waals surface area (Å²) in [6.07, 6.45) is 5.70. The maximum atomic E-state index is 6.76. The van der Waals surface area contributed by atoms with Gasteiger partial charge in [-0.25, -0.2) is 0 Å². The lowest BCUT2D eigenvalue weighted by molar-refractivity contribution is -0.308. The van der Waals surface area contributed by atoms with Crippen molar-refractivity contribution >= 4 is 0 Å². The molecule has 26 heavy (non-hydrogen) atoms. The summed E-state index contributed by atoms with van der Waals surface area (Å²) in [7, 11) is 0. The topological polar surface area (TPSA) is 12.5 Å². The van der Waals surface area contributed by atoms with Crippen molar-refractivity contribution in [1.29, 1.82) is 0 Å². The van der Waals surface area contributed by atoms with Crippen LogP contribution in [0.5, 0.6) is 0 Å². The molecule has 1 fully saturated rings. The normalized spacial score (nSPS) is 20.6. The van der Waals surface area contributed by atoms with Crippen LogP contribution in [0.2, 0.25) is 0 Å². The smallest absolute Gasteiger partial charge is 0.105 e. The molecule has 0 radical (unpaired) electrons. The van der Waals surface area contributed by atoms with E-state index in [9.17, 15) is 0 Å². The largest absolute Gasteiger partial charge is 0.290 e. The summed E-state index contributed by atoms with van der Waals surface area (Å²) >= 11 is 0. The zero-order valence-corrected chi connectivity index (χ0v) is 16.7. The van der Waals surface area contributed by atoms with E-state index >= 15 is 0 Å². The van der Waals surface area contributed by atoms with E-state index < -0.39 is 0 Å². The minimum absolute atomic E-state index is 0.0571. The van der Waals surface area contributed by atoms with Gasteiger partial charge in [-0.3, -0.25) is 4.84 Å². The zero-order chi connectivity index (χ0) is 18.6. The maximum absolute atomic E-state index is 6.76. The Kier molecular flexibility index (Phi) is 5.84. The van der Waals surface area contributed by atoms with Crippen molar-refractivity contribution in [2.75, 3.05) is 0 Å². The van der Waals surface area contributed by atoms with Crippen molar-refractivity contribution in [2.24, 2.45) is 0 Å². The third kappa shape index (κ3) is 4.55. The Hall–Kier alpha value is -1.64. The molecule has 140 valence electrons. The second-order valence-electron chi connectivity index (χ2n) is 8.80. The van der Waals surface area contributed by atoms with E-state index in [0.29, 0.717) is 0 Å². The van der Waals surface area contributed by atoms with Crippen molar-refractivity contribution in [3.63, 3.8) is 0 Å². The lowest BCUT2D eigenvalue weighted by atomic mass is 9.82. The second kappa shape index (κ2) is 7.94. The molecular weight excluding hydrogens is 318 g/mol. The van der Waals surface area contributed by atoms with Crippen LogP contribution >= 0.6 is 0 Å². The minimum atomic E-state index is 0.0571. The summed E-state index contributed by atoms with van der Waals surface area (Å²) in [6, 6.07) is 21.4. The molecule has 0 aliphatic carbocycles. The summed E-state index contributed by atoms with van der Waals surface area (Å²) in [5.74, 6) is 0. The number of nitrogens with zero attached hydrogens (tertiary/aromatic N) is 1. The molecule has 1 aliphatic rings. The Balaban J connectivity index is 1.81. The van der Waals surface area contributed by atoms with Gasteiger partial charge in [0.15, 0.2) is 0 Å². The molecule has 2 heteroatoms. The first-order chi connectivity index (χ1) is 12.4. The highest BCUT2D eigenvalue weighted by molar-refractivity contribution is 5.19. The van der Waals surface area contributed by atoms with Crippen LogP contribution in [0, 0.1) is 0 Å². The molecule has 2 nitrogen and oxygen atoms in total. The van der Waals surface area contributed by atoms with Crippen molar-refractivity contribution < 1.29 is 4.84 Å². The van der Waals surface area contributed by atoms with Crippen LogP contribution in [-0.4, -0.2) is 16.1 Å². The van der Waals surface area contributed by atoms with Crippen LogP contribution in [0.1, 0.15) is 70.6 Å². The predicted molar refractivity (Wildman–Crippen MR) is 109 cm³/mol. The molecule has 2 aromatic rings. The highest BCUT2D eigenvalue weighted by Gasteiger charge is 2.43. The van der Waals surface area contributed by atoms with Crippen molar-refractivity contribution in [2.45, 2.75) is 77.0 Å². The van der Waals surface area contributed by atoms with E-state index in [1.165, 1.54) is 30.4 Å². The number of hydrogen-bond acceptors (Lipinski definition) is 2. The highest BCUT2D eigenvalue weighted by atomic mass is 16.7. The number of rotatable bonds is 6. The van der Waals surface area contributed by atoms with Gasteiger partial charge in [0.2, 0.25) is 0 Å². The zero-order valence-electron chi connectivity index (χ0n) is 16.7. The fourth-order valence-corrected chi connectivity index (χ4v) is 4.28. The summed E-state index contributed by atoms with van der Waals surface area (Å²) < 4.78 is 0. The van der Waals surface area contributed by atoms with Gasteiger partial charge in [0.05, 0.1) is 0 Å². The quantitative estimate of drug-likeness (QED) is 0.602. The van der Waals surface area contributed by atoms with Crippen LogP contribution in [0.15, 0.2) is 60.7 Å². The summed E-state index contributed by atoms with van der Waals surface area (Å²) in [6.45, 7) is 9.25. The van der Waals surface area contributed by atoms with Crippen LogP contribution in [0.3, 0.4) is 0 Å². The average Bonchev–Trinajstić information content (AvgIpc) is 2.62. The molecule has 0 aromatic heterocycles. The minimum Gasteiger partial charge on any atom is -0.290 e. The SMILES string of the molecule is CC1(C)CCCC(C)(C)N1OC(CCc1ccccc1)c1ccccc1. The lowest BCUT2D eigenvalue weighted by Gasteiger charge is -2.52. The average molecular weight is 352 g/mol. The molecule has 1 aliphatic heterocycles. The van der Waals surface area contributed by atoms with Gasteiger partial charge >= 0.3 is 0 Å². The molecule has 0 saturated carbocycles. The molecule has 2 aromatic carbocycles. The molecule has 0 amide bonds. The van der Waals surface area contributed by atoms with Gasteiger partial charge in [0, 0.05) is 11.1 Å². The van der Waals surface area contributed by atoms with Gasteiger partial charge in [0.25, 0.3) is 0 Å². The monoisotopic (exact) mass is 351 g/mol. The number of benzene rings is 2. The van der Waals surface area contributed by atoms with Crippen molar-refractivity contribution in [1.82, 2.24) is 5.06 Å². The first kappa shape index (κ1) is 19.1. The fourth-order valence-electron chi connectivity index (χ4n) is 4.28. The molecule has 0 bridgehead atoms. The summed E-state index contributed by atoms with van der Waals surface area (Å²) in [5.41, 5.74) is 2.75. The first-order valence-electron chi connectivity index (χ1n) is 9.94. The highest BCUT2D eigenvalue weighted by Crippen LogP contribution is 2.41. The number of hydroxylamine groups is 2. The maximum Gasteiger partial charge on any atom is 0.105 e. The predicted octanol–water partition coefficient (Wildman–Crippen LogP) is 6.34. The molecule has 3 rings (SSSR count). The molecule has 1 heterocycles. The van der Waals surface area contributed by atoms with Crippen molar-refractivity contribution in [3.05, 3.63) is 71.8 Å². The van der Waals surface area contributed by atoms with Crippen LogP contribution in [0.4, 0.5) is 0 Å². The Labute approximate surface area is 159 Å². The molecule has 1 atom stereocenters. The third-order valence-electron chi connectivity index (χ3n) is 5.62. The molecule has 1 unspecified atom stereocenters. The second-order valence-corrected chi connectivity index (χ2v) is 8.80. The first-order valence-corrected chi connectivity index (χ1v) is 9.94. The van der Waals surface area contributed by atoms with Gasteiger partial charge in [-0.15, -0.1) is 0 Å². The Morgan fingerprint density at radius 1 is 0.846 bits per heavy atom. The Morgan fingerprint density at radius 3 is 1.96 bits per heavy atom. The van der Waals surface area contributed by atoms with E-state index in [4.69, 9.17) is 4.84 Å². The van der Waals surface area contributed by atoms with Crippen LogP contribution < -0.4 is 0 Å². The van der Waals surface area contributed by atoms with E-state index in [-0.39, 0.29) is 17.2 Å². The molecule has 1 saturated heterocycles. The van der Waals surface area contributed by atoms with E-state index in [2.05, 4.69) is 93.4 Å². The molecular formula is C24H33NO. The van der Waals surface area contributed by atoms with Crippen LogP contribution in [-0.2, 0) is 11.3 Å². The van der Waals surface area contributed by atoms with Gasteiger partial charge in [0.1, 0.15) is 6.10 Å². The van der Waals surface area contributed by atoms with Gasteiger partial charge in [-0.1, -0.05) is 60.7 Å². The van der Waals surface area contributed by atoms with Gasteiger partial charge in [-0.05, 0) is 70.9 Å². The Bertz CT molecular complexity index is 662. The Morgan fingerprint density at radius 2 is 1.38 bits per heavy atom. The summed E-state index contributed by atoms with van der Waals surface area (Å²) in [5, 5.41) is 2.30. The molecule has 0 N–H and O–H groups in total. The van der Waals surface area contributed by atoms with E-state index in [1.807, 2.05) is 0 Å². The fraction of sp³-hybridized carbons (Fsp3) is 0.500. The third-order valence-corrected chi connectivity index (χ3v) is 5.62. The van der Waals surface area contributed by atoms with E-state index in [0.717, 1.165) is 12.8 Å². The van der Waals surface area contributed by atoms with Crippen LogP contribution in [0.25, 0.3) is 0 Å². The number of piperidine rings is 1. The molecule has 0 spiro atoms. The summed E-state index contributed by atoms with van der Waals surface area (Å²) in [4.78, 5) is 6.76. The standard InChI is InChI=1S/C24H33NO/c1-23(2)18-11-19-24(3,4)25(23)26-22(21-14-9-6-10-15-21)17-16-20-12-7-5-8-13-20/h5-10,12-15,22H,11,16-19H2,1-4H3. The van der Waals surface area contributed by atoms with Crippen molar-refractivity contribution in [3.8, 4) is 0 Å².